The van der Waals surface area contributed by atoms with Crippen molar-refractivity contribution >= 4 is 5.52 Å². The van der Waals surface area contributed by atoms with E-state index in [1.165, 1.54) is 11.1 Å². The van der Waals surface area contributed by atoms with Gasteiger partial charge in [-0.15, -0.1) is 0 Å². The first-order chi connectivity index (χ1) is 10.7. The highest BCUT2D eigenvalue weighted by Crippen LogP contribution is 2.34. The summed E-state index contributed by atoms with van der Waals surface area (Å²) in [5.41, 5.74) is 3.47. The molecule has 1 fully saturated rings. The predicted molar refractivity (Wildman–Crippen MR) is 84.1 cm³/mol. The van der Waals surface area contributed by atoms with Gasteiger partial charge in [0.05, 0.1) is 11.2 Å². The highest BCUT2D eigenvalue weighted by molar-refractivity contribution is 5.53. The lowest BCUT2D eigenvalue weighted by Gasteiger charge is -2.41. The molecule has 3 nitrogen and oxygen atoms in total. The number of aryl methyl sites for hydroxylation is 1. The molecule has 1 atom stereocenters. The average molecular weight is 295 g/mol. The van der Waals surface area contributed by atoms with Crippen LogP contribution in [0.5, 0.6) is 0 Å². The van der Waals surface area contributed by atoms with Crippen LogP contribution in [0.25, 0.3) is 5.52 Å². The average Bonchev–Trinajstić information content (AvgIpc) is 2.83. The summed E-state index contributed by atoms with van der Waals surface area (Å²) in [4.78, 5) is 7.12. The number of likely N-dealkylation sites (tertiary alicyclic amines) is 1. The van der Waals surface area contributed by atoms with Crippen LogP contribution in [0, 0.1) is 12.7 Å². The Kier molecular flexibility index (Phi) is 3.19. The first kappa shape index (κ1) is 13.5. The minimum atomic E-state index is -0.176. The summed E-state index contributed by atoms with van der Waals surface area (Å²) in [5, 5.41) is 0. The molecule has 112 valence electrons. The Morgan fingerprint density at radius 2 is 2.00 bits per heavy atom. The molecule has 2 aromatic heterocycles. The highest BCUT2D eigenvalue weighted by Gasteiger charge is 2.30. The van der Waals surface area contributed by atoms with Gasteiger partial charge in [-0.25, -0.2) is 9.37 Å². The van der Waals surface area contributed by atoms with Crippen LogP contribution in [0.1, 0.15) is 29.5 Å². The van der Waals surface area contributed by atoms with Gasteiger partial charge in [-0.2, -0.15) is 0 Å². The first-order valence-corrected chi connectivity index (χ1v) is 7.64. The lowest BCUT2D eigenvalue weighted by Crippen LogP contribution is -2.40. The molecule has 3 aromatic rings. The Labute approximate surface area is 129 Å². The Hall–Kier alpha value is -2.20. The third-order valence-corrected chi connectivity index (χ3v) is 4.54. The van der Waals surface area contributed by atoms with Gasteiger partial charge >= 0.3 is 0 Å². The van der Waals surface area contributed by atoms with Gasteiger partial charge in [0.15, 0.2) is 0 Å². The van der Waals surface area contributed by atoms with Crippen LogP contribution in [0.2, 0.25) is 0 Å². The fourth-order valence-corrected chi connectivity index (χ4v) is 3.27. The van der Waals surface area contributed by atoms with Gasteiger partial charge in [-0.3, -0.25) is 4.90 Å². The normalized spacial score (nSPS) is 18.5. The van der Waals surface area contributed by atoms with Crippen LogP contribution in [0.3, 0.4) is 0 Å². The van der Waals surface area contributed by atoms with Gasteiger partial charge in [0.1, 0.15) is 11.6 Å². The van der Waals surface area contributed by atoms with Crippen molar-refractivity contribution in [3.05, 3.63) is 71.6 Å². The van der Waals surface area contributed by atoms with E-state index in [1.807, 2.05) is 31.2 Å². The van der Waals surface area contributed by atoms with Gasteiger partial charge in [0.25, 0.3) is 0 Å². The molecule has 1 aliphatic rings. The first-order valence-electron chi connectivity index (χ1n) is 7.64. The van der Waals surface area contributed by atoms with Crippen LogP contribution in [0.15, 0.2) is 48.7 Å². The number of imidazole rings is 1. The van der Waals surface area contributed by atoms with Crippen molar-refractivity contribution in [2.75, 3.05) is 6.54 Å². The van der Waals surface area contributed by atoms with Crippen molar-refractivity contribution in [2.45, 2.75) is 25.9 Å². The molecule has 0 N–H and O–H groups in total. The number of hydrogen-bond donors (Lipinski definition) is 0. The molecular weight excluding hydrogens is 277 g/mol. The third-order valence-electron chi connectivity index (χ3n) is 4.54. The summed E-state index contributed by atoms with van der Waals surface area (Å²) in [6, 6.07) is 13.4. The Morgan fingerprint density at radius 3 is 2.73 bits per heavy atom. The quantitative estimate of drug-likeness (QED) is 0.734. The van der Waals surface area contributed by atoms with Crippen molar-refractivity contribution in [1.82, 2.24) is 14.3 Å². The number of rotatable bonds is 3. The fraction of sp³-hybridized carbons (Fsp3) is 0.278. The standard InChI is InChI=1S/C18H18FN3/c1-13-20-16(18-4-2-3-10-22(13)18)12-21-11-9-17(21)14-5-7-15(19)8-6-14/h2-8,10,17H,9,11-12H2,1H3/t17-/m1/s1. The van der Waals surface area contributed by atoms with Crippen LogP contribution < -0.4 is 0 Å². The number of nitrogens with zero attached hydrogens (tertiary/aromatic N) is 3. The van der Waals surface area contributed by atoms with Crippen LogP contribution in [0.4, 0.5) is 4.39 Å². The van der Waals surface area contributed by atoms with Crippen molar-refractivity contribution in [2.24, 2.45) is 0 Å². The molecule has 4 rings (SSSR count). The van der Waals surface area contributed by atoms with E-state index in [2.05, 4.69) is 21.6 Å². The maximum Gasteiger partial charge on any atom is 0.123 e. The topological polar surface area (TPSA) is 20.5 Å². The zero-order chi connectivity index (χ0) is 15.1. The van der Waals surface area contributed by atoms with E-state index >= 15 is 0 Å². The maximum absolute atomic E-state index is 13.1. The molecule has 0 amide bonds. The molecule has 0 aliphatic carbocycles. The van der Waals surface area contributed by atoms with E-state index in [0.29, 0.717) is 6.04 Å². The van der Waals surface area contributed by atoms with E-state index in [9.17, 15) is 4.39 Å². The molecule has 22 heavy (non-hydrogen) atoms. The van der Waals surface area contributed by atoms with Crippen molar-refractivity contribution in [3.63, 3.8) is 0 Å². The highest BCUT2D eigenvalue weighted by atomic mass is 19.1. The summed E-state index contributed by atoms with van der Waals surface area (Å²) in [6.07, 6.45) is 3.17. The molecule has 1 aromatic carbocycles. The number of halogens is 1. The zero-order valence-electron chi connectivity index (χ0n) is 12.5. The third kappa shape index (κ3) is 2.20. The fourth-order valence-electron chi connectivity index (χ4n) is 3.27. The van der Waals surface area contributed by atoms with Gasteiger partial charge in [0, 0.05) is 25.3 Å². The molecule has 3 heterocycles. The minimum Gasteiger partial charge on any atom is -0.304 e. The molecule has 0 unspecified atom stereocenters. The van der Waals surface area contributed by atoms with E-state index in [4.69, 9.17) is 4.98 Å². The smallest absolute Gasteiger partial charge is 0.123 e. The lowest BCUT2D eigenvalue weighted by atomic mass is 9.94. The number of aromatic nitrogens is 2. The maximum atomic E-state index is 13.1. The molecule has 0 bridgehead atoms. The predicted octanol–water partition coefficient (Wildman–Crippen LogP) is 3.73. The van der Waals surface area contributed by atoms with E-state index in [-0.39, 0.29) is 5.82 Å². The second-order valence-electron chi connectivity index (χ2n) is 5.89. The van der Waals surface area contributed by atoms with E-state index in [0.717, 1.165) is 31.0 Å². The second kappa shape index (κ2) is 5.21. The van der Waals surface area contributed by atoms with Gasteiger partial charge in [-0.05, 0) is 43.2 Å². The monoisotopic (exact) mass is 295 g/mol. The molecular formula is C18H18FN3. The second-order valence-corrected chi connectivity index (χ2v) is 5.89. The summed E-state index contributed by atoms with van der Waals surface area (Å²) in [5.74, 6) is 0.842. The summed E-state index contributed by atoms with van der Waals surface area (Å²) in [6.45, 7) is 3.93. The van der Waals surface area contributed by atoms with E-state index < -0.39 is 0 Å². The van der Waals surface area contributed by atoms with Crippen molar-refractivity contribution in [1.29, 1.82) is 0 Å². The number of benzene rings is 1. The molecule has 4 heteroatoms. The van der Waals surface area contributed by atoms with Crippen LogP contribution in [-0.2, 0) is 6.54 Å². The SMILES string of the molecule is Cc1nc(CN2CC[C@@H]2c2ccc(F)cc2)c2ccccn12. The van der Waals surface area contributed by atoms with Crippen LogP contribution >= 0.6 is 0 Å². The minimum absolute atomic E-state index is 0.176. The zero-order valence-corrected chi connectivity index (χ0v) is 12.5. The largest absolute Gasteiger partial charge is 0.304 e. The molecule has 0 spiro atoms. The van der Waals surface area contributed by atoms with Gasteiger partial charge < -0.3 is 4.40 Å². The molecule has 1 saturated heterocycles. The summed E-state index contributed by atoms with van der Waals surface area (Å²) in [7, 11) is 0. The van der Waals surface area contributed by atoms with Gasteiger partial charge in [-0.1, -0.05) is 18.2 Å². The Bertz CT molecular complexity index is 807. The molecule has 0 saturated carbocycles. The molecule has 1 aliphatic heterocycles. The number of fused-ring (bicyclic) bond motifs is 1. The summed E-state index contributed by atoms with van der Waals surface area (Å²) < 4.78 is 15.2. The van der Waals surface area contributed by atoms with E-state index in [1.54, 1.807) is 12.1 Å². The van der Waals surface area contributed by atoms with Crippen molar-refractivity contribution < 1.29 is 4.39 Å². The lowest BCUT2D eigenvalue weighted by molar-refractivity contribution is 0.0810. The number of hydrogen-bond acceptors (Lipinski definition) is 2. The number of pyridine rings is 1. The van der Waals surface area contributed by atoms with Gasteiger partial charge in [0.2, 0.25) is 0 Å². The Morgan fingerprint density at radius 1 is 1.18 bits per heavy atom. The summed E-state index contributed by atoms with van der Waals surface area (Å²) >= 11 is 0. The van der Waals surface area contributed by atoms with Crippen molar-refractivity contribution in [3.8, 4) is 0 Å². The van der Waals surface area contributed by atoms with Crippen LogP contribution in [-0.4, -0.2) is 20.8 Å². The molecule has 0 radical (unpaired) electrons. The Balaban J connectivity index is 1.59.